The number of carbonyl (C=O) groups is 1. The van der Waals surface area contributed by atoms with E-state index in [-0.39, 0.29) is 18.5 Å². The van der Waals surface area contributed by atoms with E-state index in [4.69, 9.17) is 9.47 Å². The summed E-state index contributed by atoms with van der Waals surface area (Å²) in [5, 5.41) is 8.85. The van der Waals surface area contributed by atoms with Crippen molar-refractivity contribution >= 4 is 11.9 Å². The standard InChI is InChI=1S/C8H14N4O3/c1-6-9-8(12-11-6)10-7(13)5-15-4-3-14-2/h3-5H2,1-2H3,(H2,9,10,11,12,13). The maximum Gasteiger partial charge on any atom is 0.252 e. The fraction of sp³-hybridized carbons (Fsp3) is 0.625. The fourth-order valence-electron chi connectivity index (χ4n) is 0.867. The third-order valence-electron chi connectivity index (χ3n) is 1.51. The number of aryl methyl sites for hydroxylation is 1. The lowest BCUT2D eigenvalue weighted by Gasteiger charge is -2.02. The molecule has 0 saturated carbocycles. The summed E-state index contributed by atoms with van der Waals surface area (Å²) in [7, 11) is 1.57. The molecule has 0 radical (unpaired) electrons. The first-order valence-electron chi connectivity index (χ1n) is 4.48. The molecule has 0 bridgehead atoms. The summed E-state index contributed by atoms with van der Waals surface area (Å²) < 4.78 is 9.77. The number of H-pyrrole nitrogens is 1. The van der Waals surface area contributed by atoms with E-state index >= 15 is 0 Å². The van der Waals surface area contributed by atoms with Crippen molar-refractivity contribution in [3.8, 4) is 0 Å². The zero-order valence-corrected chi connectivity index (χ0v) is 8.74. The highest BCUT2D eigenvalue weighted by molar-refractivity contribution is 5.89. The van der Waals surface area contributed by atoms with Gasteiger partial charge in [0.05, 0.1) is 13.2 Å². The number of hydrogen-bond donors (Lipinski definition) is 2. The quantitative estimate of drug-likeness (QED) is 0.635. The van der Waals surface area contributed by atoms with Gasteiger partial charge in [-0.1, -0.05) is 0 Å². The molecular weight excluding hydrogens is 200 g/mol. The minimum absolute atomic E-state index is 0.0308. The smallest absolute Gasteiger partial charge is 0.252 e. The summed E-state index contributed by atoms with van der Waals surface area (Å²) in [6.07, 6.45) is 0. The van der Waals surface area contributed by atoms with Gasteiger partial charge in [0.1, 0.15) is 12.4 Å². The van der Waals surface area contributed by atoms with E-state index in [1.165, 1.54) is 0 Å². The number of aromatic nitrogens is 3. The van der Waals surface area contributed by atoms with Crippen molar-refractivity contribution in [3.63, 3.8) is 0 Å². The topological polar surface area (TPSA) is 89.1 Å². The second-order valence-electron chi connectivity index (χ2n) is 2.84. The maximum atomic E-state index is 11.2. The van der Waals surface area contributed by atoms with E-state index in [9.17, 15) is 4.79 Å². The predicted octanol–water partition coefficient (Wildman–Crippen LogP) is -0.285. The van der Waals surface area contributed by atoms with Crippen molar-refractivity contribution in [2.45, 2.75) is 6.92 Å². The minimum Gasteiger partial charge on any atom is -0.382 e. The summed E-state index contributed by atoms with van der Waals surface area (Å²) in [4.78, 5) is 15.1. The average Bonchev–Trinajstić information content (AvgIpc) is 2.59. The number of aromatic amines is 1. The van der Waals surface area contributed by atoms with Crippen LogP contribution < -0.4 is 5.32 Å². The molecule has 0 aliphatic carbocycles. The van der Waals surface area contributed by atoms with Crippen LogP contribution in [0.3, 0.4) is 0 Å². The number of methoxy groups -OCH3 is 1. The van der Waals surface area contributed by atoms with Crippen molar-refractivity contribution in [3.05, 3.63) is 5.82 Å². The van der Waals surface area contributed by atoms with E-state index < -0.39 is 0 Å². The van der Waals surface area contributed by atoms with Crippen molar-refractivity contribution in [1.29, 1.82) is 0 Å². The molecule has 0 aromatic carbocycles. The molecule has 2 N–H and O–H groups in total. The highest BCUT2D eigenvalue weighted by Crippen LogP contribution is 1.96. The van der Waals surface area contributed by atoms with Crippen molar-refractivity contribution in [2.24, 2.45) is 0 Å². The molecule has 0 atom stereocenters. The van der Waals surface area contributed by atoms with E-state index in [1.807, 2.05) is 0 Å². The normalized spacial score (nSPS) is 10.3. The average molecular weight is 214 g/mol. The Kier molecular flexibility index (Phi) is 4.72. The Balaban J connectivity index is 2.18. The van der Waals surface area contributed by atoms with Crippen molar-refractivity contribution in [2.75, 3.05) is 32.2 Å². The number of rotatable bonds is 6. The van der Waals surface area contributed by atoms with Gasteiger partial charge in [-0.25, -0.2) is 0 Å². The first-order chi connectivity index (χ1) is 7.22. The van der Waals surface area contributed by atoms with Gasteiger partial charge in [-0.3, -0.25) is 15.2 Å². The first kappa shape index (κ1) is 11.6. The van der Waals surface area contributed by atoms with Gasteiger partial charge in [0, 0.05) is 7.11 Å². The second-order valence-corrected chi connectivity index (χ2v) is 2.84. The molecule has 0 spiro atoms. The number of amides is 1. The molecule has 1 rings (SSSR count). The van der Waals surface area contributed by atoms with Crippen LogP contribution in [0.15, 0.2) is 0 Å². The van der Waals surface area contributed by atoms with Gasteiger partial charge in [0.2, 0.25) is 5.95 Å². The van der Waals surface area contributed by atoms with Crippen LogP contribution in [0, 0.1) is 6.92 Å². The molecule has 0 unspecified atom stereocenters. The Morgan fingerprint density at radius 2 is 2.33 bits per heavy atom. The Labute approximate surface area is 87.2 Å². The molecular formula is C8H14N4O3. The number of ether oxygens (including phenoxy) is 2. The third kappa shape index (κ3) is 4.52. The summed E-state index contributed by atoms with van der Waals surface area (Å²) in [6, 6.07) is 0. The summed E-state index contributed by atoms with van der Waals surface area (Å²) in [5.41, 5.74) is 0. The number of carbonyl (C=O) groups excluding carboxylic acids is 1. The number of nitrogens with zero attached hydrogens (tertiary/aromatic N) is 2. The Morgan fingerprint density at radius 1 is 1.53 bits per heavy atom. The van der Waals surface area contributed by atoms with E-state index in [1.54, 1.807) is 14.0 Å². The Hall–Kier alpha value is -1.47. The van der Waals surface area contributed by atoms with Crippen molar-refractivity contribution < 1.29 is 14.3 Å². The van der Waals surface area contributed by atoms with Crippen LogP contribution in [-0.4, -0.2) is 48.0 Å². The second kappa shape index (κ2) is 6.10. The summed E-state index contributed by atoms with van der Waals surface area (Å²) >= 11 is 0. The molecule has 15 heavy (non-hydrogen) atoms. The Bertz CT molecular complexity index is 313. The molecule has 0 aliphatic rings. The first-order valence-corrected chi connectivity index (χ1v) is 4.48. The monoisotopic (exact) mass is 214 g/mol. The number of hydrogen-bond acceptors (Lipinski definition) is 5. The summed E-state index contributed by atoms with van der Waals surface area (Å²) in [6.45, 7) is 2.57. The van der Waals surface area contributed by atoms with Crippen LogP contribution in [0.25, 0.3) is 0 Å². The van der Waals surface area contributed by atoms with Gasteiger partial charge in [0.25, 0.3) is 5.91 Å². The number of nitrogens with one attached hydrogen (secondary N) is 2. The van der Waals surface area contributed by atoms with Crippen LogP contribution >= 0.6 is 0 Å². The lowest BCUT2D eigenvalue weighted by Crippen LogP contribution is -2.20. The lowest BCUT2D eigenvalue weighted by molar-refractivity contribution is -0.121. The van der Waals surface area contributed by atoms with Gasteiger partial charge in [0.15, 0.2) is 0 Å². The van der Waals surface area contributed by atoms with Crippen LogP contribution in [0.1, 0.15) is 5.82 Å². The molecule has 1 amide bonds. The largest absolute Gasteiger partial charge is 0.382 e. The van der Waals surface area contributed by atoms with E-state index in [0.29, 0.717) is 19.0 Å². The highest BCUT2D eigenvalue weighted by Gasteiger charge is 2.05. The van der Waals surface area contributed by atoms with Crippen LogP contribution in [0.4, 0.5) is 5.95 Å². The molecule has 84 valence electrons. The third-order valence-corrected chi connectivity index (χ3v) is 1.51. The maximum absolute atomic E-state index is 11.2. The Morgan fingerprint density at radius 3 is 2.93 bits per heavy atom. The lowest BCUT2D eigenvalue weighted by atomic mass is 10.6. The molecule has 0 saturated heterocycles. The van der Waals surface area contributed by atoms with Gasteiger partial charge in [-0.15, -0.1) is 5.10 Å². The van der Waals surface area contributed by atoms with Gasteiger partial charge >= 0.3 is 0 Å². The molecule has 1 aromatic heterocycles. The van der Waals surface area contributed by atoms with Gasteiger partial charge in [-0.2, -0.15) is 4.98 Å². The minimum atomic E-state index is -0.287. The van der Waals surface area contributed by atoms with Gasteiger partial charge < -0.3 is 9.47 Å². The molecule has 0 fully saturated rings. The van der Waals surface area contributed by atoms with E-state index in [2.05, 4.69) is 20.5 Å². The fourth-order valence-corrected chi connectivity index (χ4v) is 0.867. The molecule has 7 heteroatoms. The zero-order chi connectivity index (χ0) is 11.1. The van der Waals surface area contributed by atoms with Crippen LogP contribution in [-0.2, 0) is 14.3 Å². The van der Waals surface area contributed by atoms with E-state index in [0.717, 1.165) is 0 Å². The summed E-state index contributed by atoms with van der Waals surface area (Å²) in [5.74, 6) is 0.614. The van der Waals surface area contributed by atoms with Gasteiger partial charge in [-0.05, 0) is 6.92 Å². The van der Waals surface area contributed by atoms with Crippen LogP contribution in [0.5, 0.6) is 0 Å². The van der Waals surface area contributed by atoms with Crippen molar-refractivity contribution in [1.82, 2.24) is 15.2 Å². The SMILES string of the molecule is COCCOCC(=O)Nc1n[nH]c(C)n1. The highest BCUT2D eigenvalue weighted by atomic mass is 16.5. The number of anilines is 1. The molecule has 1 heterocycles. The zero-order valence-electron chi connectivity index (χ0n) is 8.74. The predicted molar refractivity (Wildman–Crippen MR) is 52.4 cm³/mol. The molecule has 1 aromatic rings. The molecule has 7 nitrogen and oxygen atoms in total. The van der Waals surface area contributed by atoms with Crippen LogP contribution in [0.2, 0.25) is 0 Å². The molecule has 0 aliphatic heterocycles.